The van der Waals surface area contributed by atoms with E-state index in [0.717, 1.165) is 52.4 Å². The fraction of sp³-hybridized carbons (Fsp3) is 0.516. The summed E-state index contributed by atoms with van der Waals surface area (Å²) >= 11 is 0. The molecule has 1 aliphatic carbocycles. The van der Waals surface area contributed by atoms with Crippen molar-refractivity contribution in [1.29, 1.82) is 0 Å². The second-order valence-electron chi connectivity index (χ2n) is 10.2. The number of rotatable bonds is 6. The summed E-state index contributed by atoms with van der Waals surface area (Å²) in [6.07, 6.45) is 4.80. The average molecular weight is 601 g/mol. The van der Waals surface area contributed by atoms with Crippen molar-refractivity contribution in [2.75, 3.05) is 0 Å². The summed E-state index contributed by atoms with van der Waals surface area (Å²) < 4.78 is 0. The molecule has 4 unspecified atom stereocenters. The van der Waals surface area contributed by atoms with Crippen LogP contribution in [0.2, 0.25) is 0 Å². The quantitative estimate of drug-likeness (QED) is 0.233. The van der Waals surface area contributed by atoms with Crippen LogP contribution in [0.5, 0.6) is 0 Å². The maximum absolute atomic E-state index is 4.58. The molecule has 0 aromatic heterocycles. The van der Waals surface area contributed by atoms with E-state index in [1.165, 1.54) is 24.0 Å². The minimum Gasteiger partial charge on any atom is -1.00 e. The van der Waals surface area contributed by atoms with Gasteiger partial charge in [0.05, 0.1) is 5.69 Å². The Morgan fingerprint density at radius 2 is 1.26 bits per heavy atom. The molecular formula is C31H45BN2Nd+. The summed E-state index contributed by atoms with van der Waals surface area (Å²) in [5.41, 5.74) is 6.33. The van der Waals surface area contributed by atoms with Gasteiger partial charge >= 0.3 is 40.8 Å². The minimum absolute atomic E-state index is 0. The first-order chi connectivity index (χ1) is 15.6. The van der Waals surface area contributed by atoms with E-state index in [0.29, 0.717) is 0 Å². The molecule has 185 valence electrons. The number of hydrogen-bond acceptors (Lipinski definition) is 1. The largest absolute Gasteiger partial charge is 3.00 e. The normalized spacial score (nSPS) is 24.0. The van der Waals surface area contributed by atoms with E-state index in [-0.39, 0.29) is 49.3 Å². The van der Waals surface area contributed by atoms with Crippen LogP contribution in [0.1, 0.15) is 72.4 Å². The molecule has 1 aliphatic rings. The van der Waals surface area contributed by atoms with Crippen LogP contribution in [0.4, 0.5) is 11.4 Å². The van der Waals surface area contributed by atoms with Crippen molar-refractivity contribution in [3.63, 3.8) is 0 Å². The maximum Gasteiger partial charge on any atom is 3.00 e. The molecule has 0 amide bonds. The molecule has 5 radical (unpaired) electrons. The molecule has 0 N–H and O–H groups in total. The van der Waals surface area contributed by atoms with Gasteiger partial charge in [-0.15, -0.1) is 5.69 Å². The number of aryl methyl sites for hydroxylation is 2. The Hall–Kier alpha value is -0.934. The Balaban J connectivity index is 0.000000712. The maximum atomic E-state index is 4.58. The van der Waals surface area contributed by atoms with Gasteiger partial charge in [-0.3, -0.25) is 4.99 Å². The molecule has 4 atom stereocenters. The van der Waals surface area contributed by atoms with Gasteiger partial charge in [0.2, 0.25) is 0 Å². The zero-order valence-corrected chi connectivity index (χ0v) is 26.7. The zero-order chi connectivity index (χ0) is 24.5. The smallest absolute Gasteiger partial charge is 1.00 e. The van der Waals surface area contributed by atoms with E-state index >= 15 is 0 Å². The summed E-state index contributed by atoms with van der Waals surface area (Å²) in [5, 5.41) is 4.58. The fourth-order valence-electron chi connectivity index (χ4n) is 5.09. The monoisotopic (exact) mass is 598 g/mol. The van der Waals surface area contributed by atoms with Crippen molar-refractivity contribution in [3.05, 3.63) is 76.7 Å². The van der Waals surface area contributed by atoms with E-state index in [1.807, 2.05) is 44.2 Å². The molecule has 1 fully saturated rings. The van der Waals surface area contributed by atoms with Crippen LogP contribution in [-0.2, 0) is 0 Å². The summed E-state index contributed by atoms with van der Waals surface area (Å²) in [5.74, 6) is 4.79. The number of aliphatic imine (C=N–C) groups is 1. The molecule has 35 heavy (non-hydrogen) atoms. The summed E-state index contributed by atoms with van der Waals surface area (Å²) in [7, 11) is 0. The Kier molecular flexibility index (Phi) is 16.3. The van der Waals surface area contributed by atoms with Crippen molar-refractivity contribution in [2.24, 2.45) is 34.6 Å². The third-order valence-corrected chi connectivity index (χ3v) is 7.56. The minimum atomic E-state index is 0. The van der Waals surface area contributed by atoms with Crippen molar-refractivity contribution in [1.82, 2.24) is 0 Å². The molecule has 3 rings (SSSR count). The van der Waals surface area contributed by atoms with Gasteiger partial charge in [-0.05, 0) is 62.5 Å². The number of benzene rings is 2. The van der Waals surface area contributed by atoms with Crippen molar-refractivity contribution < 1.29 is 40.8 Å². The molecule has 2 aromatic carbocycles. The summed E-state index contributed by atoms with van der Waals surface area (Å²) in [6.45, 7) is 20.2. The van der Waals surface area contributed by atoms with Gasteiger partial charge in [-0.25, -0.2) is 0 Å². The van der Waals surface area contributed by atoms with Gasteiger partial charge in [0.1, 0.15) is 0 Å². The third kappa shape index (κ3) is 10.9. The van der Waals surface area contributed by atoms with Gasteiger partial charge in [0.15, 0.2) is 0 Å². The Bertz CT molecular complexity index is 904. The first kappa shape index (κ1) is 34.1. The molecule has 0 saturated heterocycles. The predicted molar refractivity (Wildman–Crippen MR) is 153 cm³/mol. The van der Waals surface area contributed by atoms with Crippen LogP contribution in [-0.4, -0.2) is 14.1 Å². The topological polar surface area (TPSA) is 26.5 Å². The van der Waals surface area contributed by atoms with Crippen LogP contribution >= 0.6 is 0 Å². The van der Waals surface area contributed by atoms with E-state index in [2.05, 4.69) is 83.0 Å². The molecular weight excluding hydrogens is 555 g/mol. The Morgan fingerprint density at radius 3 is 1.71 bits per heavy atom. The van der Waals surface area contributed by atoms with Crippen LogP contribution in [0.25, 0.3) is 5.32 Å². The van der Waals surface area contributed by atoms with Gasteiger partial charge in [0, 0.05) is 5.71 Å². The SMILES string of the molecule is CC(/C=C(/C)[N-]c1ccc(C)cc1)=Nc1ccc(C)cc1.CCCC1C(C)C(C)C(C)C1C.[B-].[Nd+3]. The number of allylic oxidation sites excluding steroid dienone is 2. The third-order valence-electron chi connectivity index (χ3n) is 7.56. The Labute approximate surface area is 251 Å². The second-order valence-corrected chi connectivity index (χ2v) is 10.2. The second kappa shape index (κ2) is 16.7. The zero-order valence-electron chi connectivity index (χ0n) is 23.5. The van der Waals surface area contributed by atoms with Crippen LogP contribution < -0.4 is 0 Å². The Morgan fingerprint density at radius 1 is 0.800 bits per heavy atom. The van der Waals surface area contributed by atoms with Gasteiger partial charge in [-0.1, -0.05) is 108 Å². The van der Waals surface area contributed by atoms with Crippen LogP contribution in [0.15, 0.2) is 65.3 Å². The van der Waals surface area contributed by atoms with E-state index in [4.69, 9.17) is 0 Å². The van der Waals surface area contributed by atoms with E-state index in [1.54, 1.807) is 0 Å². The van der Waals surface area contributed by atoms with Crippen molar-refractivity contribution in [3.8, 4) is 0 Å². The summed E-state index contributed by atoms with van der Waals surface area (Å²) in [6, 6.07) is 16.4. The van der Waals surface area contributed by atoms with Gasteiger partial charge < -0.3 is 13.7 Å². The molecule has 0 bridgehead atoms. The van der Waals surface area contributed by atoms with Gasteiger partial charge in [-0.2, -0.15) is 5.70 Å². The molecule has 4 heteroatoms. The molecule has 2 aromatic rings. The summed E-state index contributed by atoms with van der Waals surface area (Å²) in [4.78, 5) is 4.58. The first-order valence-corrected chi connectivity index (χ1v) is 12.7. The molecule has 0 spiro atoms. The molecule has 0 heterocycles. The average Bonchev–Trinajstić information content (AvgIpc) is 2.95. The molecule has 0 aliphatic heterocycles. The van der Waals surface area contributed by atoms with Crippen molar-refractivity contribution >= 4 is 25.5 Å². The van der Waals surface area contributed by atoms with Crippen LogP contribution in [0, 0.1) is 84.3 Å². The van der Waals surface area contributed by atoms with E-state index < -0.39 is 0 Å². The molecule has 1 saturated carbocycles. The first-order valence-electron chi connectivity index (χ1n) is 12.7. The number of nitrogens with zero attached hydrogens (tertiary/aromatic N) is 2. The number of hydrogen-bond donors (Lipinski definition) is 0. The standard InChI is InChI=1S/C19H21N2.C12H24.B.Nd/c1-14-5-9-18(10-6-14)20-16(3)13-17(4)21-19-11-7-15(2)8-12-19;1-6-7-12-10(4)8(2)9(3)11(12)5;;/h5-13H,1-4H3;8-12H,6-7H2,1-5H3;;/q-1;;-1;+3/b16-13-,21-17?;;;. The van der Waals surface area contributed by atoms with Crippen LogP contribution in [0.3, 0.4) is 0 Å². The predicted octanol–water partition coefficient (Wildman–Crippen LogP) is 9.58. The fourth-order valence-corrected chi connectivity index (χ4v) is 5.09. The van der Waals surface area contributed by atoms with E-state index in [9.17, 15) is 0 Å². The van der Waals surface area contributed by atoms with Crippen molar-refractivity contribution in [2.45, 2.75) is 75.2 Å². The van der Waals surface area contributed by atoms with Gasteiger partial charge in [0.25, 0.3) is 0 Å². The molecule has 2 nitrogen and oxygen atoms in total.